The van der Waals surface area contributed by atoms with E-state index in [-0.39, 0.29) is 16.5 Å². The largest absolute Gasteiger partial charge is 0.399 e. The summed E-state index contributed by atoms with van der Waals surface area (Å²) in [7, 11) is -3.67. The molecule has 4 N–H and O–H groups in total. The normalized spacial score (nSPS) is 11.6. The van der Waals surface area contributed by atoms with Crippen molar-refractivity contribution in [3.05, 3.63) is 41.4 Å². The van der Waals surface area contributed by atoms with Crippen LogP contribution in [0.15, 0.2) is 35.6 Å². The smallest absolute Gasteiger partial charge is 0.242 e. The first-order valence-electron chi connectivity index (χ1n) is 5.01. The van der Waals surface area contributed by atoms with Crippen molar-refractivity contribution < 1.29 is 8.42 Å². The van der Waals surface area contributed by atoms with Crippen LogP contribution in [-0.4, -0.2) is 18.4 Å². The van der Waals surface area contributed by atoms with Crippen LogP contribution in [-0.2, 0) is 16.6 Å². The van der Waals surface area contributed by atoms with Crippen LogP contribution in [0.25, 0.3) is 0 Å². The van der Waals surface area contributed by atoms with E-state index in [2.05, 4.69) is 14.7 Å². The highest BCUT2D eigenvalue weighted by atomic mass is 35.5. The highest BCUT2D eigenvalue weighted by molar-refractivity contribution is 7.89. The van der Waals surface area contributed by atoms with Crippen molar-refractivity contribution >= 4 is 27.3 Å². The predicted molar refractivity (Wildman–Crippen MR) is 68.5 cm³/mol. The molecule has 2 aromatic rings. The molecule has 0 aliphatic carbocycles. The highest BCUT2D eigenvalue weighted by Gasteiger charge is 2.17. The number of nitrogens with zero attached hydrogens (tertiary/aromatic N) is 1. The van der Waals surface area contributed by atoms with Crippen LogP contribution >= 0.6 is 11.6 Å². The van der Waals surface area contributed by atoms with E-state index >= 15 is 0 Å². The summed E-state index contributed by atoms with van der Waals surface area (Å²) in [5.41, 5.74) is 6.58. The number of benzene rings is 1. The lowest BCUT2D eigenvalue weighted by atomic mass is 10.3. The molecule has 2 rings (SSSR count). The number of anilines is 1. The molecule has 1 heterocycles. The molecule has 96 valence electrons. The molecule has 0 fully saturated rings. The van der Waals surface area contributed by atoms with Crippen LogP contribution < -0.4 is 10.5 Å². The van der Waals surface area contributed by atoms with Gasteiger partial charge in [-0.1, -0.05) is 11.6 Å². The van der Waals surface area contributed by atoms with E-state index in [0.29, 0.717) is 11.4 Å². The summed E-state index contributed by atoms with van der Waals surface area (Å²) in [5.74, 6) is 0. The van der Waals surface area contributed by atoms with Gasteiger partial charge in [-0.2, -0.15) is 0 Å². The maximum atomic E-state index is 12.0. The Morgan fingerprint density at radius 3 is 2.83 bits per heavy atom. The zero-order valence-corrected chi connectivity index (χ0v) is 10.8. The minimum atomic E-state index is -3.67. The number of rotatable bonds is 4. The number of H-pyrrole nitrogens is 1. The number of hydrogen-bond acceptors (Lipinski definition) is 4. The maximum Gasteiger partial charge on any atom is 0.242 e. The molecule has 0 saturated carbocycles. The van der Waals surface area contributed by atoms with Crippen LogP contribution in [0.5, 0.6) is 0 Å². The summed E-state index contributed by atoms with van der Waals surface area (Å²) >= 11 is 5.86. The van der Waals surface area contributed by atoms with Gasteiger partial charge in [0.25, 0.3) is 0 Å². The van der Waals surface area contributed by atoms with Gasteiger partial charge in [-0.15, -0.1) is 0 Å². The second kappa shape index (κ2) is 4.97. The van der Waals surface area contributed by atoms with Gasteiger partial charge < -0.3 is 10.7 Å². The average Bonchev–Trinajstić information content (AvgIpc) is 2.78. The third-order valence-corrected chi connectivity index (χ3v) is 4.14. The highest BCUT2D eigenvalue weighted by Crippen LogP contribution is 2.23. The SMILES string of the molecule is Nc1ccc(S(=O)(=O)NCc2cnc[nH]2)c(Cl)c1. The number of nitrogens with two attached hydrogens (primary N) is 1. The first-order chi connectivity index (χ1) is 8.49. The Labute approximate surface area is 109 Å². The van der Waals surface area contributed by atoms with Gasteiger partial charge in [0.1, 0.15) is 4.90 Å². The molecule has 8 heteroatoms. The van der Waals surface area contributed by atoms with Gasteiger partial charge in [0, 0.05) is 17.6 Å². The Balaban J connectivity index is 2.20. The van der Waals surface area contributed by atoms with Crippen LogP contribution in [0.2, 0.25) is 5.02 Å². The standard InChI is InChI=1S/C10H11ClN4O2S/c11-9-3-7(12)1-2-10(9)18(16,17)15-5-8-4-13-6-14-8/h1-4,6,15H,5,12H2,(H,13,14). The molecule has 0 radical (unpaired) electrons. The minimum absolute atomic E-state index is 0.00196. The number of aromatic amines is 1. The zero-order chi connectivity index (χ0) is 13.2. The molecule has 1 aromatic carbocycles. The first-order valence-corrected chi connectivity index (χ1v) is 6.87. The van der Waals surface area contributed by atoms with Crippen molar-refractivity contribution in [2.75, 3.05) is 5.73 Å². The summed E-state index contributed by atoms with van der Waals surface area (Å²) in [6.45, 7) is 0.114. The molecule has 0 unspecified atom stereocenters. The van der Waals surface area contributed by atoms with E-state index in [0.717, 1.165) is 0 Å². The third-order valence-electron chi connectivity index (χ3n) is 2.25. The molecule has 0 bridgehead atoms. The molecule has 18 heavy (non-hydrogen) atoms. The lowest BCUT2D eigenvalue weighted by molar-refractivity contribution is 0.580. The molecule has 0 atom stereocenters. The molecule has 0 amide bonds. The van der Waals surface area contributed by atoms with Crippen LogP contribution in [0.1, 0.15) is 5.69 Å². The van der Waals surface area contributed by atoms with Gasteiger partial charge in [0.15, 0.2) is 0 Å². The fourth-order valence-electron chi connectivity index (χ4n) is 1.37. The maximum absolute atomic E-state index is 12.0. The Morgan fingerprint density at radius 1 is 1.44 bits per heavy atom. The molecule has 0 saturated heterocycles. The second-order valence-corrected chi connectivity index (χ2v) is 5.73. The summed E-state index contributed by atoms with van der Waals surface area (Å²) in [6, 6.07) is 4.25. The van der Waals surface area contributed by atoms with E-state index in [1.165, 1.54) is 30.7 Å². The summed E-state index contributed by atoms with van der Waals surface area (Å²) in [4.78, 5) is 6.58. The zero-order valence-electron chi connectivity index (χ0n) is 9.22. The third kappa shape index (κ3) is 2.81. The lowest BCUT2D eigenvalue weighted by Crippen LogP contribution is -2.23. The second-order valence-electron chi connectivity index (χ2n) is 3.59. The van der Waals surface area contributed by atoms with Crippen molar-refractivity contribution in [2.24, 2.45) is 0 Å². The first kappa shape index (κ1) is 12.9. The predicted octanol–water partition coefficient (Wildman–Crippen LogP) is 1.12. The van der Waals surface area contributed by atoms with Crippen molar-refractivity contribution in [2.45, 2.75) is 11.4 Å². The molecule has 6 nitrogen and oxygen atoms in total. The number of halogens is 1. The van der Waals surface area contributed by atoms with Crippen molar-refractivity contribution in [3.8, 4) is 0 Å². The van der Waals surface area contributed by atoms with Crippen LogP contribution in [0.4, 0.5) is 5.69 Å². The molecule has 1 aromatic heterocycles. The van der Waals surface area contributed by atoms with Gasteiger partial charge in [-0.25, -0.2) is 18.1 Å². The quantitative estimate of drug-likeness (QED) is 0.733. The number of imidazole rings is 1. The Kier molecular flexibility index (Phi) is 3.55. The molecular formula is C10H11ClN4O2S. The van der Waals surface area contributed by atoms with E-state index in [1.54, 1.807) is 0 Å². The lowest BCUT2D eigenvalue weighted by Gasteiger charge is -2.07. The van der Waals surface area contributed by atoms with E-state index < -0.39 is 10.0 Å². The van der Waals surface area contributed by atoms with E-state index in [1.807, 2.05) is 0 Å². The van der Waals surface area contributed by atoms with Crippen molar-refractivity contribution in [1.82, 2.24) is 14.7 Å². The molecule has 0 spiro atoms. The van der Waals surface area contributed by atoms with E-state index in [9.17, 15) is 8.42 Å². The number of nitrogens with one attached hydrogen (secondary N) is 2. The molecule has 0 aliphatic heterocycles. The van der Waals surface area contributed by atoms with Crippen LogP contribution in [0.3, 0.4) is 0 Å². The monoisotopic (exact) mass is 286 g/mol. The number of aromatic nitrogens is 2. The van der Waals surface area contributed by atoms with Crippen LogP contribution in [0, 0.1) is 0 Å². The van der Waals surface area contributed by atoms with E-state index in [4.69, 9.17) is 17.3 Å². The summed E-state index contributed by atoms with van der Waals surface area (Å²) in [5, 5.41) is 0.0899. The Bertz CT molecular complexity index is 640. The van der Waals surface area contributed by atoms with Gasteiger partial charge in [0.05, 0.1) is 17.9 Å². The Morgan fingerprint density at radius 2 is 2.22 bits per heavy atom. The van der Waals surface area contributed by atoms with Gasteiger partial charge in [-0.3, -0.25) is 0 Å². The minimum Gasteiger partial charge on any atom is -0.399 e. The van der Waals surface area contributed by atoms with Gasteiger partial charge in [-0.05, 0) is 18.2 Å². The summed E-state index contributed by atoms with van der Waals surface area (Å²) in [6.07, 6.45) is 3.01. The fourth-order valence-corrected chi connectivity index (χ4v) is 2.92. The van der Waals surface area contributed by atoms with Crippen molar-refractivity contribution in [1.29, 1.82) is 0 Å². The number of sulfonamides is 1. The van der Waals surface area contributed by atoms with Crippen molar-refractivity contribution in [3.63, 3.8) is 0 Å². The van der Waals surface area contributed by atoms with Gasteiger partial charge in [0.2, 0.25) is 10.0 Å². The fraction of sp³-hybridized carbons (Fsp3) is 0.100. The van der Waals surface area contributed by atoms with Gasteiger partial charge >= 0.3 is 0 Å². The Hall–Kier alpha value is -1.57. The topological polar surface area (TPSA) is 101 Å². The number of hydrogen-bond donors (Lipinski definition) is 3. The molecular weight excluding hydrogens is 276 g/mol. The number of nitrogen functional groups attached to an aromatic ring is 1. The molecule has 0 aliphatic rings. The average molecular weight is 287 g/mol. The summed E-state index contributed by atoms with van der Waals surface area (Å²) < 4.78 is 26.4.